The Balaban J connectivity index is 0.000000426. The molecule has 4 aromatic carbocycles. The van der Waals surface area contributed by atoms with Crippen molar-refractivity contribution >= 4 is 17.0 Å². The quantitative estimate of drug-likeness (QED) is 0.224. The number of para-hydroxylation sites is 1. The molecule has 0 atom stereocenters. The molecule has 1 heterocycles. The highest BCUT2D eigenvalue weighted by molar-refractivity contribution is 5.83. The van der Waals surface area contributed by atoms with Crippen molar-refractivity contribution in [3.8, 4) is 22.5 Å². The van der Waals surface area contributed by atoms with Crippen LogP contribution in [0.5, 0.6) is 0 Å². The average Bonchev–Trinajstić information content (AvgIpc) is 3.36. The maximum absolute atomic E-state index is 10.6. The Hall–Kier alpha value is -4.43. The summed E-state index contributed by atoms with van der Waals surface area (Å²) in [6.07, 6.45) is -5.08. The molecule has 0 saturated heterocycles. The van der Waals surface area contributed by atoms with E-state index in [9.17, 15) is 13.2 Å². The molecule has 0 spiro atoms. The van der Waals surface area contributed by atoms with Gasteiger partial charge in [-0.05, 0) is 52.9 Å². The molecule has 5 nitrogen and oxygen atoms in total. The number of carbonyl (C=O) groups is 1. The molecule has 0 saturated carbocycles. The van der Waals surface area contributed by atoms with E-state index in [0.717, 1.165) is 35.5 Å². The molecule has 1 aromatic heterocycles. The minimum atomic E-state index is -5.08. The first-order valence-corrected chi connectivity index (χ1v) is 11.9. The Labute approximate surface area is 218 Å². The van der Waals surface area contributed by atoms with Gasteiger partial charge in [0.05, 0.1) is 11.0 Å². The summed E-state index contributed by atoms with van der Waals surface area (Å²) < 4.78 is 31.7. The fraction of sp³-hybridized carbons (Fsp3) is 0.133. The van der Waals surface area contributed by atoms with Crippen molar-refractivity contribution in [2.75, 3.05) is 0 Å². The number of rotatable bonds is 6. The van der Waals surface area contributed by atoms with Gasteiger partial charge in [-0.25, -0.2) is 9.78 Å². The fourth-order valence-corrected chi connectivity index (χ4v) is 3.97. The van der Waals surface area contributed by atoms with Gasteiger partial charge in [0.15, 0.2) is 0 Å². The van der Waals surface area contributed by atoms with Crippen LogP contribution in [0.3, 0.4) is 0 Å². The van der Waals surface area contributed by atoms with Crippen LogP contribution in [0.2, 0.25) is 0 Å². The Morgan fingerprint density at radius 2 is 1.39 bits per heavy atom. The molecular weight excluding hydrogens is 491 g/mol. The molecule has 0 aliphatic rings. The summed E-state index contributed by atoms with van der Waals surface area (Å²) >= 11 is 0. The maximum Gasteiger partial charge on any atom is 0.490 e. The lowest BCUT2D eigenvalue weighted by Gasteiger charge is -2.09. The van der Waals surface area contributed by atoms with Gasteiger partial charge in [-0.1, -0.05) is 78.9 Å². The Morgan fingerprint density at radius 3 is 2.08 bits per heavy atom. The number of fused-ring (bicyclic) bond motifs is 1. The van der Waals surface area contributed by atoms with E-state index in [1.807, 2.05) is 6.07 Å². The number of nitrogens with zero attached hydrogens (tertiary/aromatic N) is 1. The van der Waals surface area contributed by atoms with Gasteiger partial charge in [0.1, 0.15) is 5.82 Å². The van der Waals surface area contributed by atoms with Crippen molar-refractivity contribution < 1.29 is 23.1 Å². The summed E-state index contributed by atoms with van der Waals surface area (Å²) in [6.45, 7) is 3.80. The van der Waals surface area contributed by atoms with Crippen LogP contribution in [0.1, 0.15) is 16.7 Å². The monoisotopic (exact) mass is 517 g/mol. The molecule has 0 aliphatic carbocycles. The molecule has 0 amide bonds. The van der Waals surface area contributed by atoms with Gasteiger partial charge < -0.3 is 15.4 Å². The smallest absolute Gasteiger partial charge is 0.475 e. The zero-order valence-electron chi connectivity index (χ0n) is 20.6. The zero-order chi connectivity index (χ0) is 27.1. The number of carboxylic acid groups (broad SMARTS) is 1. The Morgan fingerprint density at radius 1 is 0.816 bits per heavy atom. The molecule has 8 heteroatoms. The first-order chi connectivity index (χ1) is 18.2. The topological polar surface area (TPSA) is 78.0 Å². The van der Waals surface area contributed by atoms with Gasteiger partial charge >= 0.3 is 12.1 Å². The standard InChI is InChI=1S/C28H25N3.C2HF3O2/c1-20-8-5-15-26-27(20)31-28(30-26)25-14-7-13-24(17-25)23-12-6-11-22(16-23)19-29-18-21-9-3-2-4-10-21;3-2(4,5)1(6)7/h2-17,29H,18-19H2,1H3,(H,30,31);(H,6,7). The number of aromatic amines is 1. The summed E-state index contributed by atoms with van der Waals surface area (Å²) in [5.74, 6) is -1.85. The second-order valence-corrected chi connectivity index (χ2v) is 8.73. The number of nitrogens with one attached hydrogen (secondary N) is 2. The van der Waals surface area contributed by atoms with Crippen LogP contribution in [0, 0.1) is 6.92 Å². The van der Waals surface area contributed by atoms with Gasteiger partial charge in [0.2, 0.25) is 0 Å². The number of aliphatic carboxylic acids is 1. The molecule has 3 N–H and O–H groups in total. The van der Waals surface area contributed by atoms with Crippen LogP contribution in [0.15, 0.2) is 97.1 Å². The van der Waals surface area contributed by atoms with E-state index >= 15 is 0 Å². The second-order valence-electron chi connectivity index (χ2n) is 8.73. The highest BCUT2D eigenvalue weighted by atomic mass is 19.4. The SMILES string of the molecule is Cc1cccc2[nH]c(-c3cccc(-c4cccc(CNCc5ccccc5)c4)c3)nc12.O=C(O)C(F)(F)F. The van der Waals surface area contributed by atoms with Crippen LogP contribution in [0.4, 0.5) is 13.2 Å². The average molecular weight is 518 g/mol. The number of imidazole rings is 1. The summed E-state index contributed by atoms with van der Waals surface area (Å²) in [4.78, 5) is 17.2. The predicted octanol–water partition coefficient (Wildman–Crippen LogP) is 7.13. The van der Waals surface area contributed by atoms with Crippen LogP contribution >= 0.6 is 0 Å². The minimum absolute atomic E-state index is 0.839. The first kappa shape index (κ1) is 26.6. The summed E-state index contributed by atoms with van der Waals surface area (Å²) in [5, 5.41) is 10.7. The van der Waals surface area contributed by atoms with Crippen LogP contribution in [-0.2, 0) is 17.9 Å². The van der Waals surface area contributed by atoms with E-state index in [1.165, 1.54) is 27.8 Å². The van der Waals surface area contributed by atoms with Crippen LogP contribution in [-0.4, -0.2) is 27.2 Å². The number of halogens is 3. The van der Waals surface area contributed by atoms with Crippen molar-refractivity contribution in [1.82, 2.24) is 15.3 Å². The van der Waals surface area contributed by atoms with Crippen molar-refractivity contribution in [3.63, 3.8) is 0 Å². The molecule has 0 aliphatic heterocycles. The molecule has 0 bridgehead atoms. The normalized spacial score (nSPS) is 11.2. The van der Waals surface area contributed by atoms with Crippen molar-refractivity contribution in [1.29, 1.82) is 0 Å². The van der Waals surface area contributed by atoms with E-state index in [1.54, 1.807) is 0 Å². The Bertz CT molecular complexity index is 1530. The fourth-order valence-electron chi connectivity index (χ4n) is 3.97. The third-order valence-electron chi connectivity index (χ3n) is 5.85. The lowest BCUT2D eigenvalue weighted by molar-refractivity contribution is -0.192. The number of hydrogen-bond donors (Lipinski definition) is 3. The highest BCUT2D eigenvalue weighted by Crippen LogP contribution is 2.27. The predicted molar refractivity (Wildman–Crippen MR) is 142 cm³/mol. The third kappa shape index (κ3) is 6.86. The highest BCUT2D eigenvalue weighted by Gasteiger charge is 2.38. The molecule has 5 aromatic rings. The van der Waals surface area contributed by atoms with Crippen molar-refractivity contribution in [2.24, 2.45) is 0 Å². The number of carboxylic acids is 1. The van der Waals surface area contributed by atoms with Crippen LogP contribution in [0.25, 0.3) is 33.5 Å². The van der Waals surface area contributed by atoms with Gasteiger partial charge in [0, 0.05) is 18.7 Å². The van der Waals surface area contributed by atoms with E-state index in [2.05, 4.69) is 108 Å². The molecule has 5 rings (SSSR count). The molecule has 194 valence electrons. The molecular formula is C30H26F3N3O2. The second kappa shape index (κ2) is 11.7. The Kier molecular flexibility index (Phi) is 8.23. The minimum Gasteiger partial charge on any atom is -0.475 e. The van der Waals surface area contributed by atoms with E-state index < -0.39 is 12.1 Å². The molecule has 0 unspecified atom stereocenters. The molecule has 38 heavy (non-hydrogen) atoms. The number of aryl methyl sites for hydroxylation is 1. The largest absolute Gasteiger partial charge is 0.490 e. The zero-order valence-corrected chi connectivity index (χ0v) is 20.6. The number of H-pyrrole nitrogens is 1. The van der Waals surface area contributed by atoms with E-state index in [4.69, 9.17) is 14.9 Å². The van der Waals surface area contributed by atoms with Gasteiger partial charge in [-0.3, -0.25) is 0 Å². The van der Waals surface area contributed by atoms with Crippen molar-refractivity contribution in [3.05, 3.63) is 114 Å². The maximum atomic E-state index is 10.6. The number of aromatic nitrogens is 2. The lowest BCUT2D eigenvalue weighted by Crippen LogP contribution is -2.21. The number of hydrogen-bond acceptors (Lipinski definition) is 3. The molecule has 0 fully saturated rings. The van der Waals surface area contributed by atoms with Gasteiger partial charge in [0.25, 0.3) is 0 Å². The number of benzene rings is 4. The van der Waals surface area contributed by atoms with E-state index in [0.29, 0.717) is 0 Å². The summed E-state index contributed by atoms with van der Waals surface area (Å²) in [5.41, 5.74) is 9.38. The van der Waals surface area contributed by atoms with Gasteiger partial charge in [-0.15, -0.1) is 0 Å². The van der Waals surface area contributed by atoms with Crippen LogP contribution < -0.4 is 5.32 Å². The first-order valence-electron chi connectivity index (χ1n) is 11.9. The number of alkyl halides is 3. The summed E-state index contributed by atoms with van der Waals surface area (Å²) in [6, 6.07) is 34.1. The molecule has 0 radical (unpaired) electrons. The lowest BCUT2D eigenvalue weighted by atomic mass is 10.0. The summed E-state index contributed by atoms with van der Waals surface area (Å²) in [7, 11) is 0. The van der Waals surface area contributed by atoms with Gasteiger partial charge in [-0.2, -0.15) is 13.2 Å². The van der Waals surface area contributed by atoms with E-state index in [-0.39, 0.29) is 0 Å². The third-order valence-corrected chi connectivity index (χ3v) is 5.85. The van der Waals surface area contributed by atoms with Crippen molar-refractivity contribution in [2.45, 2.75) is 26.2 Å².